The number of H-pyrrole nitrogens is 1. The molecule has 0 spiro atoms. The molecule has 1 aliphatic carbocycles. The van der Waals surface area contributed by atoms with Gasteiger partial charge in [0.2, 0.25) is 5.91 Å². The molecule has 35 heavy (non-hydrogen) atoms. The third kappa shape index (κ3) is 6.01. The van der Waals surface area contributed by atoms with Gasteiger partial charge in [-0.25, -0.2) is 4.79 Å². The zero-order valence-corrected chi connectivity index (χ0v) is 23.4. The quantitative estimate of drug-likeness (QED) is 0.324. The highest BCUT2D eigenvalue weighted by Crippen LogP contribution is 2.41. The summed E-state index contributed by atoms with van der Waals surface area (Å²) >= 11 is 8.16. The van der Waals surface area contributed by atoms with Crippen molar-refractivity contribution in [1.82, 2.24) is 10.3 Å². The van der Waals surface area contributed by atoms with E-state index in [0.717, 1.165) is 55.6 Å². The van der Waals surface area contributed by atoms with Crippen LogP contribution in [0.25, 0.3) is 10.9 Å². The molecule has 1 amide bonds. The number of aromatic nitrogens is 1. The molecule has 3 atom stereocenters. The summed E-state index contributed by atoms with van der Waals surface area (Å²) in [5.74, 6) is -0.856. The summed E-state index contributed by atoms with van der Waals surface area (Å²) < 4.78 is 6.97. The molecule has 4 rings (SSSR count). The average Bonchev–Trinajstić information content (AvgIpc) is 3.41. The lowest BCUT2D eigenvalue weighted by Gasteiger charge is -2.26. The average molecular weight is 622 g/mol. The normalized spacial score (nSPS) is 16.5. The van der Waals surface area contributed by atoms with Crippen LogP contribution in [0.3, 0.4) is 0 Å². The number of thioether (sulfide) groups is 1. The summed E-state index contributed by atoms with van der Waals surface area (Å²) in [4.78, 5) is 41.3. The first-order chi connectivity index (χ1) is 16.8. The van der Waals surface area contributed by atoms with Crippen molar-refractivity contribution in [1.29, 1.82) is 0 Å². The maximum atomic E-state index is 13.6. The zero-order valence-electron chi connectivity index (χ0n) is 19.4. The summed E-state index contributed by atoms with van der Waals surface area (Å²) in [5.41, 5.74) is 4.20. The number of fused-ring (bicyclic) bond motifs is 2. The maximum absolute atomic E-state index is 13.6. The Balaban J connectivity index is 1.59. The van der Waals surface area contributed by atoms with Crippen molar-refractivity contribution < 1.29 is 19.1 Å². The Morgan fingerprint density at radius 1 is 1.17 bits per heavy atom. The number of carbonyl (C=O) groups excluding carboxylic acids is 3. The summed E-state index contributed by atoms with van der Waals surface area (Å²) in [6.07, 6.45) is 3.84. The van der Waals surface area contributed by atoms with E-state index in [0.29, 0.717) is 5.75 Å². The van der Waals surface area contributed by atoms with Gasteiger partial charge < -0.3 is 15.0 Å². The summed E-state index contributed by atoms with van der Waals surface area (Å²) in [6, 6.07) is 11.2. The van der Waals surface area contributed by atoms with Crippen LogP contribution in [-0.4, -0.2) is 40.9 Å². The molecule has 1 aliphatic rings. The first-order valence-corrected chi connectivity index (χ1v) is 13.9. The third-order valence-corrected chi connectivity index (χ3v) is 8.39. The van der Waals surface area contributed by atoms with Crippen LogP contribution in [0.5, 0.6) is 0 Å². The van der Waals surface area contributed by atoms with Crippen molar-refractivity contribution in [3.63, 3.8) is 0 Å². The fraction of sp³-hybridized carbons (Fsp3) is 0.346. The van der Waals surface area contributed by atoms with E-state index in [1.54, 1.807) is 0 Å². The second-order valence-corrected chi connectivity index (χ2v) is 11.7. The van der Waals surface area contributed by atoms with Gasteiger partial charge in [-0.2, -0.15) is 0 Å². The Bertz CT molecular complexity index is 1280. The van der Waals surface area contributed by atoms with Crippen LogP contribution in [0, 0.1) is 5.92 Å². The molecule has 1 heterocycles. The number of ether oxygens (including phenoxy) is 1. The molecule has 1 aromatic heterocycles. The van der Waals surface area contributed by atoms with Gasteiger partial charge in [-0.3, -0.25) is 9.59 Å². The largest absolute Gasteiger partial charge is 0.467 e. The Kier molecular flexibility index (Phi) is 8.39. The lowest BCUT2D eigenvalue weighted by atomic mass is 9.87. The molecule has 184 valence electrons. The number of carbonyl (C=O) groups is 3. The molecule has 9 heteroatoms. The van der Waals surface area contributed by atoms with Gasteiger partial charge in [0.05, 0.1) is 13.0 Å². The number of hydrogen-bond acceptors (Lipinski definition) is 5. The van der Waals surface area contributed by atoms with E-state index in [2.05, 4.69) is 54.3 Å². The van der Waals surface area contributed by atoms with E-state index in [4.69, 9.17) is 4.74 Å². The lowest BCUT2D eigenvalue weighted by molar-refractivity contribution is -0.145. The molecule has 3 aromatic rings. The van der Waals surface area contributed by atoms with Gasteiger partial charge in [-0.1, -0.05) is 49.7 Å². The van der Waals surface area contributed by atoms with E-state index in [1.165, 1.54) is 19.6 Å². The minimum atomic E-state index is -0.846. The van der Waals surface area contributed by atoms with Crippen molar-refractivity contribution in [2.24, 2.45) is 5.92 Å². The lowest BCUT2D eigenvalue weighted by Crippen LogP contribution is -2.47. The smallest absolute Gasteiger partial charge is 0.328 e. The highest BCUT2D eigenvalue weighted by atomic mass is 79.9. The number of hydrogen-bond donors (Lipinski definition) is 2. The predicted octanol–water partition coefficient (Wildman–Crippen LogP) is 5.52. The second kappa shape index (κ2) is 11.3. The molecule has 0 saturated heterocycles. The minimum absolute atomic E-state index is 0.0210. The molecule has 0 bridgehead atoms. The van der Waals surface area contributed by atoms with E-state index in [-0.39, 0.29) is 23.4 Å². The summed E-state index contributed by atoms with van der Waals surface area (Å²) in [7, 11) is 1.32. The van der Waals surface area contributed by atoms with Crippen molar-refractivity contribution in [2.45, 2.75) is 38.1 Å². The molecule has 0 aliphatic heterocycles. The van der Waals surface area contributed by atoms with Crippen LogP contribution >= 0.6 is 43.6 Å². The molecule has 6 nitrogen and oxygen atoms in total. The van der Waals surface area contributed by atoms with Gasteiger partial charge in [-0.05, 0) is 65.8 Å². The van der Waals surface area contributed by atoms with Crippen LogP contribution < -0.4 is 5.32 Å². The first kappa shape index (κ1) is 26.0. The highest BCUT2D eigenvalue weighted by molar-refractivity contribution is 9.10. The number of rotatable bonds is 8. The number of esters is 1. The molecule has 2 aromatic carbocycles. The number of halogens is 2. The Morgan fingerprint density at radius 3 is 2.66 bits per heavy atom. The molecule has 0 saturated carbocycles. The summed E-state index contributed by atoms with van der Waals surface area (Å²) in [6.45, 7) is 1.51. The van der Waals surface area contributed by atoms with Gasteiger partial charge in [0.15, 0.2) is 5.12 Å². The van der Waals surface area contributed by atoms with E-state index in [1.807, 2.05) is 30.5 Å². The van der Waals surface area contributed by atoms with E-state index < -0.39 is 17.9 Å². The van der Waals surface area contributed by atoms with Gasteiger partial charge in [0, 0.05) is 45.1 Å². The van der Waals surface area contributed by atoms with Gasteiger partial charge in [-0.15, -0.1) is 0 Å². The molecular weight excluding hydrogens is 596 g/mol. The fourth-order valence-electron chi connectivity index (χ4n) is 4.77. The second-order valence-electron chi connectivity index (χ2n) is 8.69. The molecule has 3 unspecified atom stereocenters. The Labute approximate surface area is 225 Å². The van der Waals surface area contributed by atoms with Crippen LogP contribution in [0.4, 0.5) is 0 Å². The van der Waals surface area contributed by atoms with Crippen molar-refractivity contribution in [3.05, 3.63) is 68.2 Å². The Morgan fingerprint density at radius 2 is 1.91 bits per heavy atom. The first-order valence-electron chi connectivity index (χ1n) is 11.3. The molecule has 0 radical (unpaired) electrons. The van der Waals surface area contributed by atoms with Gasteiger partial charge in [0.25, 0.3) is 0 Å². The number of aromatic amines is 1. The van der Waals surface area contributed by atoms with E-state index in [9.17, 15) is 14.4 Å². The van der Waals surface area contributed by atoms with Gasteiger partial charge in [0.1, 0.15) is 6.04 Å². The predicted molar refractivity (Wildman–Crippen MR) is 145 cm³/mol. The standard InChI is InChI=1S/C26H26Br2N2O4S/c1-14(31)35-13-22(20-6-3-15-9-17(27)4-7-19(15)20)25(32)30-24(26(33)34-2)10-16-12-29-23-8-5-18(28)11-21(16)23/h4-5,7-9,11-12,20,22,24,29H,3,6,10,13H2,1-2H3,(H,30,32). The number of aryl methyl sites for hydroxylation is 1. The van der Waals surface area contributed by atoms with Crippen LogP contribution in [-0.2, 0) is 32.0 Å². The zero-order chi connectivity index (χ0) is 25.1. The number of benzene rings is 2. The van der Waals surface area contributed by atoms with Crippen molar-refractivity contribution in [3.8, 4) is 0 Å². The molecule has 0 fully saturated rings. The third-order valence-electron chi connectivity index (χ3n) is 6.47. The minimum Gasteiger partial charge on any atom is -0.467 e. The van der Waals surface area contributed by atoms with Crippen LogP contribution in [0.15, 0.2) is 51.5 Å². The van der Waals surface area contributed by atoms with E-state index >= 15 is 0 Å². The SMILES string of the molecule is COC(=O)C(Cc1c[nH]c2ccc(Br)cc12)NC(=O)C(CSC(C)=O)C1CCc2cc(Br)ccc21. The monoisotopic (exact) mass is 620 g/mol. The molecule has 2 N–H and O–H groups in total. The van der Waals surface area contributed by atoms with Crippen LogP contribution in [0.1, 0.15) is 36.0 Å². The topological polar surface area (TPSA) is 88.3 Å². The molecular formula is C26H26Br2N2O4S. The number of nitrogens with one attached hydrogen (secondary N) is 2. The van der Waals surface area contributed by atoms with Crippen molar-refractivity contribution >= 4 is 71.5 Å². The fourth-order valence-corrected chi connectivity index (χ4v) is 6.34. The maximum Gasteiger partial charge on any atom is 0.328 e. The summed E-state index contributed by atoms with van der Waals surface area (Å²) in [5, 5.41) is 3.89. The van der Waals surface area contributed by atoms with Gasteiger partial charge >= 0.3 is 5.97 Å². The number of amides is 1. The van der Waals surface area contributed by atoms with Crippen LogP contribution in [0.2, 0.25) is 0 Å². The Hall–Kier alpha value is -2.10. The van der Waals surface area contributed by atoms with Crippen molar-refractivity contribution in [2.75, 3.05) is 12.9 Å². The number of methoxy groups -OCH3 is 1. The highest BCUT2D eigenvalue weighted by Gasteiger charge is 2.36.